The molecule has 168 valence electrons. The van der Waals surface area contributed by atoms with Crippen LogP contribution in [0.2, 0.25) is 0 Å². The number of nitrogens with one attached hydrogen (secondary N) is 1. The second kappa shape index (κ2) is 7.35. The summed E-state index contributed by atoms with van der Waals surface area (Å²) in [5.74, 6) is 0. The molecule has 0 saturated heterocycles. The summed E-state index contributed by atoms with van der Waals surface area (Å²) in [6.07, 6.45) is 0. The topological polar surface area (TPSA) is 61.0 Å². The molecule has 2 aromatic heterocycles. The molecule has 0 aliphatic carbocycles. The largest absolute Gasteiger partial charge is 0.371 e. The maximum absolute atomic E-state index is 13.7. The van der Waals surface area contributed by atoms with Crippen molar-refractivity contribution in [3.63, 3.8) is 0 Å². The van der Waals surface area contributed by atoms with Gasteiger partial charge in [0.2, 0.25) is 0 Å². The number of anilines is 1. The third kappa shape index (κ3) is 2.75. The lowest BCUT2D eigenvalue weighted by atomic mass is 9.99. The van der Waals surface area contributed by atoms with Gasteiger partial charge in [-0.05, 0) is 36.2 Å². The standard InChI is InChI=1S/C28H24N4O2/c1-17-10-9-13-19(16-17)24-22-25(30(2)28(34)31(3)27(22)33)26-23(18-11-5-4-6-12-18)29-20-14-7-8-15-21(20)32(24)26/h4-16,23,29H,1-3H3/t23-/m0/s1. The molecule has 6 nitrogen and oxygen atoms in total. The number of aryl methyl sites for hydroxylation is 2. The zero-order chi connectivity index (χ0) is 23.6. The number of para-hydroxylation sites is 2. The number of benzene rings is 3. The van der Waals surface area contributed by atoms with Crippen molar-refractivity contribution in [2.45, 2.75) is 13.0 Å². The molecule has 0 bridgehead atoms. The normalized spacial score (nSPS) is 14.5. The van der Waals surface area contributed by atoms with Crippen LogP contribution in [-0.2, 0) is 14.1 Å². The van der Waals surface area contributed by atoms with Gasteiger partial charge < -0.3 is 9.88 Å². The molecular formula is C28H24N4O2. The van der Waals surface area contributed by atoms with E-state index in [2.05, 4.69) is 34.1 Å². The van der Waals surface area contributed by atoms with Crippen molar-refractivity contribution in [1.29, 1.82) is 0 Å². The fraction of sp³-hybridized carbons (Fsp3) is 0.143. The van der Waals surface area contributed by atoms with Gasteiger partial charge in [0.05, 0.1) is 39.7 Å². The second-order valence-corrected chi connectivity index (χ2v) is 8.87. The Balaban J connectivity index is 1.89. The quantitative estimate of drug-likeness (QED) is 0.432. The first kappa shape index (κ1) is 20.3. The van der Waals surface area contributed by atoms with Crippen molar-refractivity contribution < 1.29 is 0 Å². The van der Waals surface area contributed by atoms with Gasteiger partial charge in [0.15, 0.2) is 0 Å². The van der Waals surface area contributed by atoms with E-state index >= 15 is 0 Å². The lowest BCUT2D eigenvalue weighted by Crippen LogP contribution is -2.37. The lowest BCUT2D eigenvalue weighted by molar-refractivity contribution is 0.708. The number of fused-ring (bicyclic) bond motifs is 5. The van der Waals surface area contributed by atoms with Crippen LogP contribution >= 0.6 is 0 Å². The highest BCUT2D eigenvalue weighted by atomic mass is 16.2. The van der Waals surface area contributed by atoms with Crippen LogP contribution in [0.25, 0.3) is 27.8 Å². The first-order valence-electron chi connectivity index (χ1n) is 11.3. The molecule has 3 aromatic carbocycles. The summed E-state index contributed by atoms with van der Waals surface area (Å²) >= 11 is 0. The first-order valence-corrected chi connectivity index (χ1v) is 11.3. The molecule has 5 aromatic rings. The van der Waals surface area contributed by atoms with E-state index in [9.17, 15) is 9.59 Å². The van der Waals surface area contributed by atoms with Crippen molar-refractivity contribution in [2.24, 2.45) is 14.1 Å². The molecule has 3 heterocycles. The van der Waals surface area contributed by atoms with Gasteiger partial charge in [-0.3, -0.25) is 13.9 Å². The maximum atomic E-state index is 13.7. The van der Waals surface area contributed by atoms with E-state index in [-0.39, 0.29) is 17.3 Å². The van der Waals surface area contributed by atoms with E-state index < -0.39 is 0 Å². The van der Waals surface area contributed by atoms with E-state index in [0.29, 0.717) is 10.9 Å². The Kier molecular flexibility index (Phi) is 4.39. The SMILES string of the molecule is Cc1cccc(-c2c3c(=O)n(C)c(=O)n(C)c3c3n2-c2ccccc2N[C@H]3c2ccccc2)c1. The van der Waals surface area contributed by atoms with Crippen LogP contribution in [-0.4, -0.2) is 13.7 Å². The molecular weight excluding hydrogens is 424 g/mol. The molecule has 0 amide bonds. The van der Waals surface area contributed by atoms with E-state index in [0.717, 1.165) is 39.5 Å². The van der Waals surface area contributed by atoms with Crippen molar-refractivity contribution in [3.8, 4) is 16.9 Å². The van der Waals surface area contributed by atoms with Crippen LogP contribution < -0.4 is 16.6 Å². The molecule has 0 radical (unpaired) electrons. The zero-order valence-corrected chi connectivity index (χ0v) is 19.2. The van der Waals surface area contributed by atoms with E-state index in [1.807, 2.05) is 61.5 Å². The molecule has 0 spiro atoms. The Hall–Kier alpha value is -4.32. The third-order valence-electron chi connectivity index (χ3n) is 6.75. The van der Waals surface area contributed by atoms with Gasteiger partial charge in [-0.1, -0.05) is 66.2 Å². The molecule has 1 aliphatic rings. The van der Waals surface area contributed by atoms with Crippen LogP contribution in [0.5, 0.6) is 0 Å². The van der Waals surface area contributed by atoms with Crippen LogP contribution in [0.15, 0.2) is 88.5 Å². The van der Waals surface area contributed by atoms with Crippen molar-refractivity contribution in [2.75, 3.05) is 5.32 Å². The summed E-state index contributed by atoms with van der Waals surface area (Å²) in [6.45, 7) is 2.04. The van der Waals surface area contributed by atoms with Crippen molar-refractivity contribution in [3.05, 3.63) is 117 Å². The Labute approximate surface area is 196 Å². The maximum Gasteiger partial charge on any atom is 0.331 e. The minimum atomic E-state index is -0.340. The molecule has 0 unspecified atom stereocenters. The molecule has 6 rings (SSSR count). The van der Waals surface area contributed by atoms with Crippen LogP contribution in [0.4, 0.5) is 5.69 Å². The molecule has 1 atom stereocenters. The Morgan fingerprint density at radius 1 is 0.824 bits per heavy atom. The average molecular weight is 449 g/mol. The minimum absolute atomic E-state index is 0.241. The average Bonchev–Trinajstić information content (AvgIpc) is 3.23. The van der Waals surface area contributed by atoms with Gasteiger partial charge >= 0.3 is 5.69 Å². The monoisotopic (exact) mass is 448 g/mol. The van der Waals surface area contributed by atoms with Gasteiger partial charge in [0.25, 0.3) is 5.56 Å². The molecule has 34 heavy (non-hydrogen) atoms. The highest BCUT2D eigenvalue weighted by Crippen LogP contribution is 2.45. The number of hydrogen-bond donors (Lipinski definition) is 1. The first-order chi connectivity index (χ1) is 16.5. The summed E-state index contributed by atoms with van der Waals surface area (Å²) < 4.78 is 4.97. The molecule has 1 N–H and O–H groups in total. The zero-order valence-electron chi connectivity index (χ0n) is 19.2. The number of rotatable bonds is 2. The van der Waals surface area contributed by atoms with Crippen molar-refractivity contribution in [1.82, 2.24) is 13.7 Å². The van der Waals surface area contributed by atoms with Gasteiger partial charge in [-0.2, -0.15) is 0 Å². The lowest BCUT2D eigenvalue weighted by Gasteiger charge is -2.31. The highest BCUT2D eigenvalue weighted by molar-refractivity contribution is 5.99. The van der Waals surface area contributed by atoms with E-state index in [1.165, 1.54) is 4.57 Å². The number of aromatic nitrogens is 3. The second-order valence-electron chi connectivity index (χ2n) is 8.87. The van der Waals surface area contributed by atoms with Crippen LogP contribution in [0, 0.1) is 6.92 Å². The summed E-state index contributed by atoms with van der Waals surface area (Å²) in [6, 6.07) is 26.2. The Morgan fingerprint density at radius 3 is 2.32 bits per heavy atom. The van der Waals surface area contributed by atoms with Gasteiger partial charge in [0.1, 0.15) is 0 Å². The van der Waals surface area contributed by atoms with Gasteiger partial charge in [-0.15, -0.1) is 0 Å². The molecule has 0 saturated carbocycles. The Morgan fingerprint density at radius 2 is 1.56 bits per heavy atom. The van der Waals surface area contributed by atoms with E-state index in [4.69, 9.17) is 0 Å². The highest BCUT2D eigenvalue weighted by Gasteiger charge is 2.34. The predicted octanol–water partition coefficient (Wildman–Crippen LogP) is 4.52. The number of nitrogens with zero attached hydrogens (tertiary/aromatic N) is 3. The molecule has 0 fully saturated rings. The predicted molar refractivity (Wildman–Crippen MR) is 136 cm³/mol. The fourth-order valence-corrected chi connectivity index (χ4v) is 5.18. The van der Waals surface area contributed by atoms with Crippen LogP contribution in [0.3, 0.4) is 0 Å². The van der Waals surface area contributed by atoms with Crippen LogP contribution in [0.1, 0.15) is 22.9 Å². The minimum Gasteiger partial charge on any atom is -0.371 e. The van der Waals surface area contributed by atoms with Crippen molar-refractivity contribution >= 4 is 16.6 Å². The summed E-state index contributed by atoms with van der Waals surface area (Å²) in [7, 11) is 3.29. The fourth-order valence-electron chi connectivity index (χ4n) is 5.18. The number of hydrogen-bond acceptors (Lipinski definition) is 3. The summed E-state index contributed by atoms with van der Waals surface area (Å²) in [5.41, 5.74) is 6.73. The van der Waals surface area contributed by atoms with Gasteiger partial charge in [-0.25, -0.2) is 4.79 Å². The Bertz CT molecular complexity index is 1710. The van der Waals surface area contributed by atoms with Gasteiger partial charge in [0, 0.05) is 14.1 Å². The smallest absolute Gasteiger partial charge is 0.331 e. The third-order valence-corrected chi connectivity index (χ3v) is 6.75. The van der Waals surface area contributed by atoms with E-state index in [1.54, 1.807) is 18.7 Å². The summed E-state index contributed by atoms with van der Waals surface area (Å²) in [4.78, 5) is 26.7. The summed E-state index contributed by atoms with van der Waals surface area (Å²) in [5, 5.41) is 4.22. The molecule has 1 aliphatic heterocycles. The molecule has 6 heteroatoms.